The van der Waals surface area contributed by atoms with E-state index in [0.717, 1.165) is 52.1 Å². The van der Waals surface area contributed by atoms with Crippen LogP contribution in [0.15, 0.2) is 42.5 Å². The summed E-state index contributed by atoms with van der Waals surface area (Å²) in [5.41, 5.74) is 5.44. The molecule has 3 aliphatic heterocycles. The highest BCUT2D eigenvalue weighted by atomic mass is 35.5. The molecular weight excluding hydrogens is 649 g/mol. The molecule has 0 spiro atoms. The molecule has 2 aromatic carbocycles. The first kappa shape index (κ1) is 36.6. The van der Waals surface area contributed by atoms with Gasteiger partial charge in [-0.25, -0.2) is 9.37 Å². The number of fused-ring (bicyclic) bond motifs is 8. The fourth-order valence-electron chi connectivity index (χ4n) is 6.17. The lowest BCUT2D eigenvalue weighted by atomic mass is 9.92. The lowest BCUT2D eigenvalue weighted by molar-refractivity contribution is -0.139. The molecule has 1 N–H and O–H groups in total. The molecule has 3 aliphatic rings. The number of esters is 1. The quantitative estimate of drug-likeness (QED) is 0.172. The van der Waals surface area contributed by atoms with Crippen molar-refractivity contribution in [3.63, 3.8) is 0 Å². The largest absolute Gasteiger partial charge is 0.491 e. The second-order valence-electron chi connectivity index (χ2n) is 13.9. The molecule has 5 heterocycles. The van der Waals surface area contributed by atoms with Crippen molar-refractivity contribution in [1.82, 2.24) is 9.38 Å². The van der Waals surface area contributed by atoms with Gasteiger partial charge in [-0.1, -0.05) is 29.8 Å². The van der Waals surface area contributed by atoms with Crippen molar-refractivity contribution < 1.29 is 33.2 Å². The Hall–Kier alpha value is -3.70. The molecule has 0 unspecified atom stereocenters. The van der Waals surface area contributed by atoms with Gasteiger partial charge in [0.2, 0.25) is 0 Å². The number of ether oxygens (including phenoxy) is 4. The summed E-state index contributed by atoms with van der Waals surface area (Å²) in [6.07, 6.45) is 1.69. The average Bonchev–Trinajstić information content (AvgIpc) is 3.40. The van der Waals surface area contributed by atoms with Crippen LogP contribution in [0.1, 0.15) is 57.2 Å². The number of halogens is 2. The van der Waals surface area contributed by atoms with Crippen LogP contribution in [0.25, 0.3) is 28.0 Å². The molecular formula is C38H47ClFN3O6. The van der Waals surface area contributed by atoms with E-state index in [-0.39, 0.29) is 23.8 Å². The lowest BCUT2D eigenvalue weighted by Gasteiger charge is -2.41. The van der Waals surface area contributed by atoms with E-state index < -0.39 is 5.60 Å². The average molecular weight is 696 g/mol. The van der Waals surface area contributed by atoms with E-state index in [0.29, 0.717) is 61.7 Å². The smallest absolute Gasteiger partial charge is 0.310 e. The van der Waals surface area contributed by atoms with Crippen molar-refractivity contribution in [3.05, 3.63) is 70.1 Å². The second kappa shape index (κ2) is 15.0. The van der Waals surface area contributed by atoms with E-state index in [1.165, 1.54) is 19.2 Å². The number of aromatic nitrogens is 2. The van der Waals surface area contributed by atoms with E-state index >= 15 is 0 Å². The van der Waals surface area contributed by atoms with Crippen molar-refractivity contribution in [1.29, 1.82) is 0 Å². The van der Waals surface area contributed by atoms with Crippen LogP contribution in [0, 0.1) is 19.7 Å². The molecule has 0 amide bonds. The first-order valence-electron chi connectivity index (χ1n) is 16.7. The van der Waals surface area contributed by atoms with Crippen LogP contribution in [-0.2, 0) is 25.4 Å². The third-order valence-electron chi connectivity index (χ3n) is 8.88. The Kier molecular flexibility index (Phi) is 11.2. The second-order valence-corrected chi connectivity index (χ2v) is 14.2. The summed E-state index contributed by atoms with van der Waals surface area (Å²) in [7, 11) is 1.40. The molecule has 1 saturated heterocycles. The number of anilines is 1. The highest BCUT2D eigenvalue weighted by molar-refractivity contribution is 6.32. The number of piperidine rings is 1. The summed E-state index contributed by atoms with van der Waals surface area (Å²) < 4.78 is 39.7. The Bertz CT molecular complexity index is 1800. The highest BCUT2D eigenvalue weighted by Crippen LogP contribution is 2.41. The summed E-state index contributed by atoms with van der Waals surface area (Å²) >= 11 is 7.25. The predicted octanol–water partition coefficient (Wildman–Crippen LogP) is 7.35. The van der Waals surface area contributed by atoms with Gasteiger partial charge in [0, 0.05) is 29.8 Å². The van der Waals surface area contributed by atoms with Gasteiger partial charge >= 0.3 is 5.97 Å². The predicted molar refractivity (Wildman–Crippen MR) is 190 cm³/mol. The number of hydrogen-bond acceptors (Lipinski definition) is 8. The topological polar surface area (TPSA) is 94.8 Å². The van der Waals surface area contributed by atoms with Gasteiger partial charge in [0.15, 0.2) is 0 Å². The summed E-state index contributed by atoms with van der Waals surface area (Å²) in [4.78, 5) is 20.0. The number of rotatable bonds is 2. The number of benzene rings is 2. The zero-order valence-corrected chi connectivity index (χ0v) is 30.2. The Labute approximate surface area is 292 Å². The summed E-state index contributed by atoms with van der Waals surface area (Å²) in [5, 5.41) is 8.96. The number of carbonyl (C=O) groups is 1. The van der Waals surface area contributed by atoms with E-state index in [1.54, 1.807) is 26.8 Å². The molecule has 0 atom stereocenters. The van der Waals surface area contributed by atoms with Crippen molar-refractivity contribution in [2.45, 2.75) is 72.0 Å². The standard InChI is InChI=1S/C34H37ClFN3O5.C4H10O/c1-21-22(2)32-37-30-24-7-5-6-23(18-24)27-19-25(36)8-9-28(27)43-16-14-42-15-17-44-34(3)10-12-38(13-11-34)33(39(32)31(30)35)26(21)20-29(40)41-4;1-4(2,3)5/h5-9,18-19H,10-17,20H2,1-4H3;5H,1-3H3. The fourth-order valence-corrected chi connectivity index (χ4v) is 6.48. The minimum Gasteiger partial charge on any atom is -0.491 e. The van der Waals surface area contributed by atoms with Crippen LogP contribution < -0.4 is 9.64 Å². The first-order valence-corrected chi connectivity index (χ1v) is 17.1. The van der Waals surface area contributed by atoms with Gasteiger partial charge in [0.1, 0.15) is 40.5 Å². The van der Waals surface area contributed by atoms with Crippen LogP contribution in [0.2, 0.25) is 5.15 Å². The SMILES string of the molecule is CC(C)(C)O.COC(=O)Cc1c(C)c(C)c2nc3c(Cl)n2c1N1CCC(C)(CC1)OCCOCCOc1ccc(F)cc1-c1cccc-3c1. The lowest BCUT2D eigenvalue weighted by Crippen LogP contribution is -2.45. The maximum atomic E-state index is 14.5. The zero-order valence-electron chi connectivity index (χ0n) is 29.5. The van der Waals surface area contributed by atoms with Crippen LogP contribution >= 0.6 is 11.6 Å². The number of methoxy groups -OCH3 is 1. The van der Waals surface area contributed by atoms with Gasteiger partial charge < -0.3 is 29.0 Å². The molecule has 0 saturated carbocycles. The normalized spacial score (nSPS) is 16.4. The molecule has 0 radical (unpaired) electrons. The van der Waals surface area contributed by atoms with Crippen molar-refractivity contribution >= 4 is 29.0 Å². The van der Waals surface area contributed by atoms with Crippen molar-refractivity contribution in [2.24, 2.45) is 0 Å². The molecule has 7 rings (SSSR count). The molecule has 6 bridgehead atoms. The zero-order chi connectivity index (χ0) is 35.5. The number of imidazole rings is 1. The van der Waals surface area contributed by atoms with E-state index in [2.05, 4.69) is 11.8 Å². The first-order chi connectivity index (χ1) is 23.2. The summed E-state index contributed by atoms with van der Waals surface area (Å²) in [5.74, 6) is 0.710. The minimum atomic E-state index is -0.500. The molecule has 9 nitrogen and oxygen atoms in total. The molecule has 264 valence electrons. The number of carbonyl (C=O) groups excluding carboxylic acids is 1. The summed E-state index contributed by atoms with van der Waals surface area (Å²) in [6, 6.07) is 12.2. The Morgan fingerprint density at radius 3 is 2.41 bits per heavy atom. The number of nitrogens with zero attached hydrogens (tertiary/aromatic N) is 3. The van der Waals surface area contributed by atoms with Gasteiger partial charge in [-0.3, -0.25) is 9.20 Å². The molecule has 11 heteroatoms. The van der Waals surface area contributed by atoms with Gasteiger partial charge in [-0.15, -0.1) is 0 Å². The molecule has 2 aromatic heterocycles. The van der Waals surface area contributed by atoms with Crippen LogP contribution in [0.3, 0.4) is 0 Å². The third kappa shape index (κ3) is 8.55. The van der Waals surface area contributed by atoms with Crippen LogP contribution in [0.5, 0.6) is 5.75 Å². The van der Waals surface area contributed by atoms with Crippen molar-refractivity contribution in [3.8, 4) is 28.1 Å². The van der Waals surface area contributed by atoms with Crippen LogP contribution in [-0.4, -0.2) is 78.3 Å². The monoisotopic (exact) mass is 695 g/mol. The third-order valence-corrected chi connectivity index (χ3v) is 9.22. The number of aryl methyl sites for hydroxylation is 1. The molecule has 1 fully saturated rings. The molecule has 4 aromatic rings. The Balaban J connectivity index is 0.000000874. The minimum absolute atomic E-state index is 0.109. The summed E-state index contributed by atoms with van der Waals surface area (Å²) in [6.45, 7) is 14.4. The van der Waals surface area contributed by atoms with Gasteiger partial charge in [-0.05, 0) is 95.3 Å². The number of pyridine rings is 1. The van der Waals surface area contributed by atoms with Gasteiger partial charge in [0.25, 0.3) is 0 Å². The molecule has 49 heavy (non-hydrogen) atoms. The highest BCUT2D eigenvalue weighted by Gasteiger charge is 2.34. The number of hydrogen-bond donors (Lipinski definition) is 1. The maximum Gasteiger partial charge on any atom is 0.310 e. The van der Waals surface area contributed by atoms with E-state index in [1.807, 2.05) is 42.5 Å². The molecule has 0 aliphatic carbocycles. The maximum absolute atomic E-state index is 14.5. The number of aliphatic hydroxyl groups is 1. The van der Waals surface area contributed by atoms with E-state index in [4.69, 9.17) is 40.6 Å². The van der Waals surface area contributed by atoms with Crippen LogP contribution in [0.4, 0.5) is 10.2 Å². The Morgan fingerprint density at radius 1 is 1.04 bits per heavy atom. The van der Waals surface area contributed by atoms with Gasteiger partial charge in [0.05, 0.1) is 44.6 Å². The Morgan fingerprint density at radius 2 is 1.71 bits per heavy atom. The fraction of sp³-hybridized carbons (Fsp3) is 0.474. The van der Waals surface area contributed by atoms with E-state index in [9.17, 15) is 9.18 Å². The van der Waals surface area contributed by atoms with Crippen molar-refractivity contribution in [2.75, 3.05) is 51.5 Å². The van der Waals surface area contributed by atoms with Gasteiger partial charge in [-0.2, -0.15) is 0 Å².